The van der Waals surface area contributed by atoms with E-state index >= 15 is 0 Å². The maximum Gasteiger partial charge on any atom is 0.309 e. The number of carbonyl (C=O) groups is 1. The minimum Gasteiger partial charge on any atom is -0.461 e. The number of hydrogen-bond acceptors (Lipinski definition) is 2. The highest BCUT2D eigenvalue weighted by atomic mass is 16.5. The van der Waals surface area contributed by atoms with E-state index in [0.717, 1.165) is 19.3 Å². The molecule has 0 spiro atoms. The van der Waals surface area contributed by atoms with Crippen LogP contribution in [0.5, 0.6) is 0 Å². The molecule has 0 heterocycles. The van der Waals surface area contributed by atoms with Crippen LogP contribution in [0.25, 0.3) is 0 Å². The summed E-state index contributed by atoms with van der Waals surface area (Å²) in [6.07, 6.45) is 16.9. The van der Waals surface area contributed by atoms with Gasteiger partial charge in [0.05, 0.1) is 6.42 Å². The Morgan fingerprint density at radius 2 is 1.73 bits per heavy atom. The minimum atomic E-state index is -0.141. The molecule has 0 saturated heterocycles. The summed E-state index contributed by atoms with van der Waals surface area (Å²) < 4.78 is 5.20. The van der Waals surface area contributed by atoms with Gasteiger partial charge in [-0.15, -0.1) is 0 Å². The van der Waals surface area contributed by atoms with E-state index in [1.807, 2.05) is 12.2 Å². The Kier molecular flexibility index (Phi) is 13.7. The molecular formula is C20H34O2. The van der Waals surface area contributed by atoms with Crippen LogP contribution in [0.2, 0.25) is 0 Å². The summed E-state index contributed by atoms with van der Waals surface area (Å²) in [4.78, 5) is 11.6. The summed E-state index contributed by atoms with van der Waals surface area (Å²) in [6.45, 7) is 8.91. The van der Waals surface area contributed by atoms with Crippen LogP contribution in [0.3, 0.4) is 0 Å². The molecule has 22 heavy (non-hydrogen) atoms. The molecule has 0 aromatic carbocycles. The van der Waals surface area contributed by atoms with E-state index in [1.165, 1.54) is 36.8 Å². The molecule has 0 rings (SSSR count). The molecule has 0 aliphatic rings. The number of rotatable bonds is 12. The Morgan fingerprint density at radius 1 is 0.955 bits per heavy atom. The fourth-order valence-electron chi connectivity index (χ4n) is 2.01. The van der Waals surface area contributed by atoms with Crippen molar-refractivity contribution in [2.75, 3.05) is 6.61 Å². The van der Waals surface area contributed by atoms with E-state index in [0.29, 0.717) is 13.0 Å². The zero-order valence-corrected chi connectivity index (χ0v) is 15.0. The van der Waals surface area contributed by atoms with Crippen molar-refractivity contribution in [2.45, 2.75) is 79.1 Å². The number of hydrogen-bond donors (Lipinski definition) is 0. The second-order valence-corrected chi connectivity index (χ2v) is 6.08. The van der Waals surface area contributed by atoms with Gasteiger partial charge >= 0.3 is 5.97 Å². The van der Waals surface area contributed by atoms with Gasteiger partial charge in [0.2, 0.25) is 0 Å². The van der Waals surface area contributed by atoms with Crippen LogP contribution in [-0.4, -0.2) is 12.6 Å². The number of allylic oxidation sites excluding steroid dienone is 4. The second kappa shape index (κ2) is 14.6. The highest BCUT2D eigenvalue weighted by Gasteiger charge is 1.98. The van der Waals surface area contributed by atoms with E-state index < -0.39 is 0 Å². The van der Waals surface area contributed by atoms with Crippen molar-refractivity contribution in [1.29, 1.82) is 0 Å². The Balaban J connectivity index is 3.67. The molecule has 0 atom stereocenters. The largest absolute Gasteiger partial charge is 0.461 e. The van der Waals surface area contributed by atoms with Gasteiger partial charge in [0.15, 0.2) is 0 Å². The molecule has 0 N–H and O–H groups in total. The Bertz CT molecular complexity index is 371. The van der Waals surface area contributed by atoms with Gasteiger partial charge in [-0.05, 0) is 52.5 Å². The van der Waals surface area contributed by atoms with Crippen LogP contribution < -0.4 is 0 Å². The zero-order valence-electron chi connectivity index (χ0n) is 15.0. The topological polar surface area (TPSA) is 26.3 Å². The average Bonchev–Trinajstić information content (AvgIpc) is 2.46. The molecule has 126 valence electrons. The molecule has 0 amide bonds. The lowest BCUT2D eigenvalue weighted by Crippen LogP contribution is -2.03. The molecule has 0 saturated carbocycles. The van der Waals surface area contributed by atoms with Crippen LogP contribution in [0.4, 0.5) is 0 Å². The van der Waals surface area contributed by atoms with Gasteiger partial charge in [0, 0.05) is 0 Å². The highest BCUT2D eigenvalue weighted by molar-refractivity contribution is 5.71. The molecule has 0 unspecified atom stereocenters. The van der Waals surface area contributed by atoms with Gasteiger partial charge in [-0.3, -0.25) is 4.79 Å². The molecule has 2 heteroatoms. The SMILES string of the molecule is CCCCCC/C=C/CC(=O)OC/C=C(\C)CCC=C(C)C. The molecule has 0 radical (unpaired) electrons. The van der Waals surface area contributed by atoms with Crippen LogP contribution >= 0.6 is 0 Å². The standard InChI is InChI=1S/C20H34O2/c1-5-6-7-8-9-10-11-15-20(21)22-17-16-19(4)14-12-13-18(2)3/h10-11,13,16H,5-9,12,14-15,17H2,1-4H3/b11-10+,19-16+. The summed E-state index contributed by atoms with van der Waals surface area (Å²) in [6, 6.07) is 0. The van der Waals surface area contributed by atoms with Crippen molar-refractivity contribution in [2.24, 2.45) is 0 Å². The normalized spacial score (nSPS) is 11.7. The van der Waals surface area contributed by atoms with E-state index in [2.05, 4.69) is 39.8 Å². The third kappa shape index (κ3) is 15.1. The summed E-state index contributed by atoms with van der Waals surface area (Å²) in [5.41, 5.74) is 2.62. The number of ether oxygens (including phenoxy) is 1. The minimum absolute atomic E-state index is 0.141. The summed E-state index contributed by atoms with van der Waals surface area (Å²) in [5.74, 6) is -0.141. The van der Waals surface area contributed by atoms with Crippen LogP contribution in [0, 0.1) is 0 Å². The van der Waals surface area contributed by atoms with E-state index in [9.17, 15) is 4.79 Å². The number of unbranched alkanes of at least 4 members (excludes halogenated alkanes) is 4. The maximum absolute atomic E-state index is 11.6. The molecule has 0 bridgehead atoms. The number of carbonyl (C=O) groups excluding carboxylic acids is 1. The van der Waals surface area contributed by atoms with E-state index in [4.69, 9.17) is 4.74 Å². The molecule has 0 aliphatic carbocycles. The van der Waals surface area contributed by atoms with Gasteiger partial charge in [0.1, 0.15) is 6.61 Å². The second-order valence-electron chi connectivity index (χ2n) is 6.08. The third-order valence-corrected chi connectivity index (χ3v) is 3.44. The Hall–Kier alpha value is -1.31. The van der Waals surface area contributed by atoms with Gasteiger partial charge in [-0.2, -0.15) is 0 Å². The van der Waals surface area contributed by atoms with Gasteiger partial charge in [0.25, 0.3) is 0 Å². The van der Waals surface area contributed by atoms with Gasteiger partial charge in [-0.1, -0.05) is 55.6 Å². The molecule has 0 aromatic rings. The monoisotopic (exact) mass is 306 g/mol. The fourth-order valence-corrected chi connectivity index (χ4v) is 2.01. The average molecular weight is 306 g/mol. The van der Waals surface area contributed by atoms with Crippen molar-refractivity contribution >= 4 is 5.97 Å². The van der Waals surface area contributed by atoms with Gasteiger partial charge in [-0.25, -0.2) is 0 Å². The quantitative estimate of drug-likeness (QED) is 0.246. The zero-order chi connectivity index (χ0) is 16.6. The lowest BCUT2D eigenvalue weighted by Gasteiger charge is -2.02. The van der Waals surface area contributed by atoms with Crippen LogP contribution in [-0.2, 0) is 9.53 Å². The maximum atomic E-state index is 11.6. The number of esters is 1. The molecule has 0 aliphatic heterocycles. The van der Waals surface area contributed by atoms with Crippen molar-refractivity contribution in [3.63, 3.8) is 0 Å². The van der Waals surface area contributed by atoms with Crippen LogP contribution in [0.15, 0.2) is 35.5 Å². The predicted octanol–water partition coefficient (Wildman–Crippen LogP) is 6.14. The van der Waals surface area contributed by atoms with Crippen molar-refractivity contribution in [1.82, 2.24) is 0 Å². The summed E-state index contributed by atoms with van der Waals surface area (Å²) >= 11 is 0. The summed E-state index contributed by atoms with van der Waals surface area (Å²) in [7, 11) is 0. The van der Waals surface area contributed by atoms with Crippen molar-refractivity contribution in [3.8, 4) is 0 Å². The van der Waals surface area contributed by atoms with Crippen molar-refractivity contribution in [3.05, 3.63) is 35.5 Å². The lowest BCUT2D eigenvalue weighted by molar-refractivity contribution is -0.141. The first-order valence-corrected chi connectivity index (χ1v) is 8.65. The Morgan fingerprint density at radius 3 is 2.41 bits per heavy atom. The molecule has 0 fully saturated rings. The predicted molar refractivity (Wildman–Crippen MR) is 95.9 cm³/mol. The first-order chi connectivity index (χ1) is 10.6. The molecular weight excluding hydrogens is 272 g/mol. The van der Waals surface area contributed by atoms with Crippen LogP contribution in [0.1, 0.15) is 79.1 Å². The first-order valence-electron chi connectivity index (χ1n) is 8.65. The first kappa shape index (κ1) is 20.7. The lowest BCUT2D eigenvalue weighted by atomic mass is 10.1. The van der Waals surface area contributed by atoms with E-state index in [1.54, 1.807) is 0 Å². The smallest absolute Gasteiger partial charge is 0.309 e. The Labute approximate surface area is 137 Å². The van der Waals surface area contributed by atoms with E-state index in [-0.39, 0.29) is 5.97 Å². The molecule has 0 aromatic heterocycles. The third-order valence-electron chi connectivity index (χ3n) is 3.44. The van der Waals surface area contributed by atoms with Gasteiger partial charge < -0.3 is 4.74 Å². The summed E-state index contributed by atoms with van der Waals surface area (Å²) in [5, 5.41) is 0. The molecule has 2 nitrogen and oxygen atoms in total. The van der Waals surface area contributed by atoms with Crippen molar-refractivity contribution < 1.29 is 9.53 Å². The fraction of sp³-hybridized carbons (Fsp3) is 0.650. The highest BCUT2D eigenvalue weighted by Crippen LogP contribution is 2.07.